The van der Waals surface area contributed by atoms with Gasteiger partial charge in [-0.3, -0.25) is 4.79 Å². The maximum Gasteiger partial charge on any atom is 0.241 e. The second-order valence-corrected chi connectivity index (χ2v) is 4.27. The van der Waals surface area contributed by atoms with Gasteiger partial charge < -0.3 is 11.1 Å². The number of aryl methyl sites for hydroxylation is 1. The van der Waals surface area contributed by atoms with Crippen LogP contribution >= 0.6 is 11.6 Å². The van der Waals surface area contributed by atoms with Gasteiger partial charge in [-0.05, 0) is 31.0 Å². The SMILES string of the molecule is CCC[C@H](N)C(=O)Nc1cc(C)ccc1Cl. The normalized spacial score (nSPS) is 12.2. The van der Waals surface area contributed by atoms with Crippen LogP contribution in [0.5, 0.6) is 0 Å². The van der Waals surface area contributed by atoms with E-state index in [1.165, 1.54) is 0 Å². The van der Waals surface area contributed by atoms with Crippen molar-refractivity contribution in [3.63, 3.8) is 0 Å². The van der Waals surface area contributed by atoms with Crippen LogP contribution in [0.3, 0.4) is 0 Å². The van der Waals surface area contributed by atoms with Gasteiger partial charge in [0, 0.05) is 0 Å². The molecule has 0 aliphatic heterocycles. The highest BCUT2D eigenvalue weighted by molar-refractivity contribution is 6.33. The Morgan fingerprint density at radius 1 is 1.56 bits per heavy atom. The molecule has 0 fully saturated rings. The molecule has 0 bridgehead atoms. The summed E-state index contributed by atoms with van der Waals surface area (Å²) >= 11 is 5.97. The van der Waals surface area contributed by atoms with Crippen LogP contribution in [0.25, 0.3) is 0 Å². The quantitative estimate of drug-likeness (QED) is 0.850. The van der Waals surface area contributed by atoms with E-state index in [1.54, 1.807) is 6.07 Å². The summed E-state index contributed by atoms with van der Waals surface area (Å²) in [4.78, 5) is 11.7. The van der Waals surface area contributed by atoms with Crippen LogP contribution in [-0.2, 0) is 4.79 Å². The predicted molar refractivity (Wildman–Crippen MR) is 67.7 cm³/mol. The van der Waals surface area contributed by atoms with Gasteiger partial charge in [0.15, 0.2) is 0 Å². The summed E-state index contributed by atoms with van der Waals surface area (Å²) in [5, 5.41) is 3.27. The minimum Gasteiger partial charge on any atom is -0.323 e. The molecule has 3 N–H and O–H groups in total. The molecular weight excluding hydrogens is 224 g/mol. The van der Waals surface area contributed by atoms with E-state index in [9.17, 15) is 4.79 Å². The standard InChI is InChI=1S/C12H17ClN2O/c1-3-4-10(14)12(16)15-11-7-8(2)5-6-9(11)13/h5-7,10H,3-4,14H2,1-2H3,(H,15,16)/t10-/m0/s1. The van der Waals surface area contributed by atoms with Crippen LogP contribution < -0.4 is 11.1 Å². The second-order valence-electron chi connectivity index (χ2n) is 3.87. The fraction of sp³-hybridized carbons (Fsp3) is 0.417. The Bertz CT molecular complexity index is 379. The summed E-state index contributed by atoms with van der Waals surface area (Å²) in [6.07, 6.45) is 1.56. The van der Waals surface area contributed by atoms with Crippen molar-refractivity contribution in [3.05, 3.63) is 28.8 Å². The Hall–Kier alpha value is -1.06. The Morgan fingerprint density at radius 3 is 2.88 bits per heavy atom. The first-order valence-corrected chi connectivity index (χ1v) is 5.75. The number of carbonyl (C=O) groups is 1. The van der Waals surface area contributed by atoms with Gasteiger partial charge in [-0.15, -0.1) is 0 Å². The third kappa shape index (κ3) is 3.51. The summed E-state index contributed by atoms with van der Waals surface area (Å²) < 4.78 is 0. The van der Waals surface area contributed by atoms with Gasteiger partial charge in [0.1, 0.15) is 0 Å². The number of nitrogens with two attached hydrogens (primary N) is 1. The average Bonchev–Trinajstić information content (AvgIpc) is 2.23. The average molecular weight is 241 g/mol. The molecular formula is C12H17ClN2O. The summed E-state index contributed by atoms with van der Waals surface area (Å²) in [6, 6.07) is 5.02. The van der Waals surface area contributed by atoms with E-state index in [2.05, 4.69) is 5.32 Å². The van der Waals surface area contributed by atoms with E-state index in [1.807, 2.05) is 26.0 Å². The fourth-order valence-electron chi connectivity index (χ4n) is 1.40. The predicted octanol–water partition coefficient (Wildman–Crippen LogP) is 2.71. The zero-order chi connectivity index (χ0) is 12.1. The molecule has 1 atom stereocenters. The molecule has 3 nitrogen and oxygen atoms in total. The molecule has 0 aromatic heterocycles. The highest BCUT2D eigenvalue weighted by Crippen LogP contribution is 2.22. The lowest BCUT2D eigenvalue weighted by Gasteiger charge is -2.12. The van der Waals surface area contributed by atoms with Crippen LogP contribution in [0.1, 0.15) is 25.3 Å². The molecule has 1 aromatic carbocycles. The van der Waals surface area contributed by atoms with Crippen molar-refractivity contribution < 1.29 is 4.79 Å². The van der Waals surface area contributed by atoms with Gasteiger partial charge in [-0.25, -0.2) is 0 Å². The number of rotatable bonds is 4. The molecule has 4 heteroatoms. The molecule has 0 saturated heterocycles. The van der Waals surface area contributed by atoms with Gasteiger partial charge in [0.25, 0.3) is 0 Å². The molecule has 16 heavy (non-hydrogen) atoms. The number of hydrogen-bond acceptors (Lipinski definition) is 2. The largest absolute Gasteiger partial charge is 0.323 e. The van der Waals surface area contributed by atoms with Gasteiger partial charge in [-0.1, -0.05) is 31.0 Å². The number of benzene rings is 1. The number of hydrogen-bond donors (Lipinski definition) is 2. The number of carbonyl (C=O) groups excluding carboxylic acids is 1. The molecule has 0 saturated carbocycles. The van der Waals surface area contributed by atoms with Crippen molar-refractivity contribution in [2.75, 3.05) is 5.32 Å². The minimum atomic E-state index is -0.471. The lowest BCUT2D eigenvalue weighted by Crippen LogP contribution is -2.35. The first-order valence-electron chi connectivity index (χ1n) is 5.37. The first kappa shape index (κ1) is 13.0. The smallest absolute Gasteiger partial charge is 0.241 e. The maximum atomic E-state index is 11.7. The Kier molecular flexibility index (Phi) is 4.77. The van der Waals surface area contributed by atoms with E-state index in [0.717, 1.165) is 12.0 Å². The summed E-state index contributed by atoms with van der Waals surface area (Å²) in [5.74, 6) is -0.186. The summed E-state index contributed by atoms with van der Waals surface area (Å²) in [5.41, 5.74) is 7.38. The number of nitrogens with one attached hydrogen (secondary N) is 1. The third-order valence-electron chi connectivity index (χ3n) is 2.32. The molecule has 1 rings (SSSR count). The zero-order valence-corrected chi connectivity index (χ0v) is 10.3. The van der Waals surface area contributed by atoms with Crippen LogP contribution in [-0.4, -0.2) is 11.9 Å². The fourth-order valence-corrected chi connectivity index (χ4v) is 1.57. The van der Waals surface area contributed by atoms with Crippen molar-refractivity contribution in [2.24, 2.45) is 5.73 Å². The number of halogens is 1. The summed E-state index contributed by atoms with van der Waals surface area (Å²) in [6.45, 7) is 3.94. The van der Waals surface area contributed by atoms with Crippen molar-refractivity contribution in [3.8, 4) is 0 Å². The molecule has 0 spiro atoms. The Balaban J connectivity index is 2.72. The lowest BCUT2D eigenvalue weighted by molar-refractivity contribution is -0.117. The minimum absolute atomic E-state index is 0.186. The topological polar surface area (TPSA) is 55.1 Å². The molecule has 0 unspecified atom stereocenters. The first-order chi connectivity index (χ1) is 7.54. The Morgan fingerprint density at radius 2 is 2.25 bits per heavy atom. The van der Waals surface area contributed by atoms with Crippen LogP contribution in [0, 0.1) is 6.92 Å². The second kappa shape index (κ2) is 5.87. The molecule has 0 aliphatic carbocycles. The van der Waals surface area contributed by atoms with E-state index in [0.29, 0.717) is 17.1 Å². The molecule has 88 valence electrons. The molecule has 0 heterocycles. The molecule has 1 aromatic rings. The highest BCUT2D eigenvalue weighted by atomic mass is 35.5. The summed E-state index contributed by atoms with van der Waals surface area (Å²) in [7, 11) is 0. The molecule has 0 radical (unpaired) electrons. The van der Waals surface area contributed by atoms with Crippen molar-refractivity contribution in [1.29, 1.82) is 0 Å². The van der Waals surface area contributed by atoms with Gasteiger partial charge in [-0.2, -0.15) is 0 Å². The monoisotopic (exact) mass is 240 g/mol. The molecule has 0 aliphatic rings. The number of anilines is 1. The van der Waals surface area contributed by atoms with Crippen LogP contribution in [0.2, 0.25) is 5.02 Å². The van der Waals surface area contributed by atoms with E-state index < -0.39 is 6.04 Å². The van der Waals surface area contributed by atoms with E-state index >= 15 is 0 Å². The van der Waals surface area contributed by atoms with Crippen LogP contribution in [0.4, 0.5) is 5.69 Å². The van der Waals surface area contributed by atoms with Gasteiger partial charge >= 0.3 is 0 Å². The van der Waals surface area contributed by atoms with Gasteiger partial charge in [0.2, 0.25) is 5.91 Å². The van der Waals surface area contributed by atoms with Gasteiger partial charge in [0.05, 0.1) is 16.8 Å². The van der Waals surface area contributed by atoms with E-state index in [-0.39, 0.29) is 5.91 Å². The lowest BCUT2D eigenvalue weighted by atomic mass is 10.1. The van der Waals surface area contributed by atoms with Crippen LogP contribution in [0.15, 0.2) is 18.2 Å². The zero-order valence-electron chi connectivity index (χ0n) is 9.59. The van der Waals surface area contributed by atoms with Crippen molar-refractivity contribution >= 4 is 23.2 Å². The van der Waals surface area contributed by atoms with Crippen molar-refractivity contribution in [2.45, 2.75) is 32.7 Å². The molecule has 1 amide bonds. The highest BCUT2D eigenvalue weighted by Gasteiger charge is 2.13. The van der Waals surface area contributed by atoms with Crippen molar-refractivity contribution in [1.82, 2.24) is 0 Å². The maximum absolute atomic E-state index is 11.7. The Labute approximate surface area is 101 Å². The third-order valence-corrected chi connectivity index (χ3v) is 2.65. The van der Waals surface area contributed by atoms with E-state index in [4.69, 9.17) is 17.3 Å². The number of amides is 1.